The van der Waals surface area contributed by atoms with E-state index in [0.717, 1.165) is 12.1 Å². The fourth-order valence-electron chi connectivity index (χ4n) is 1.56. The summed E-state index contributed by atoms with van der Waals surface area (Å²) in [6, 6.07) is 4.21. The van der Waals surface area contributed by atoms with Crippen molar-refractivity contribution in [2.45, 2.75) is 6.61 Å². The molecule has 102 valence electrons. The van der Waals surface area contributed by atoms with Crippen molar-refractivity contribution in [2.75, 3.05) is 0 Å². The Bertz CT molecular complexity index is 588. The molecule has 0 aliphatic carbocycles. The fraction of sp³-hybridized carbons (Fsp3) is 0.182. The van der Waals surface area contributed by atoms with Gasteiger partial charge in [-0.15, -0.1) is 0 Å². The van der Waals surface area contributed by atoms with Crippen molar-refractivity contribution in [2.24, 2.45) is 7.05 Å². The van der Waals surface area contributed by atoms with E-state index in [1.165, 1.54) is 0 Å². The van der Waals surface area contributed by atoms with Crippen molar-refractivity contribution in [1.82, 2.24) is 9.78 Å². The Kier molecular flexibility index (Phi) is 6.27. The van der Waals surface area contributed by atoms with Gasteiger partial charge >= 0.3 is 58.4 Å². The van der Waals surface area contributed by atoms with Crippen LogP contribution in [0.5, 0.6) is 5.75 Å². The Hall–Kier alpha value is -0.349. The number of halogens is 4. The van der Waals surface area contributed by atoms with Crippen molar-refractivity contribution in [3.8, 4) is 5.75 Å². The van der Waals surface area contributed by atoms with Crippen molar-refractivity contribution >= 4 is 12.4 Å². The minimum atomic E-state index is -5.35. The average Bonchev–Trinajstić information content (AvgIpc) is 2.71. The Morgan fingerprint density at radius 2 is 1.95 bits per heavy atom. The van der Waals surface area contributed by atoms with Gasteiger partial charge in [0.2, 0.25) is 0 Å². The molecule has 0 bridgehead atoms. The monoisotopic (exact) mass is 312 g/mol. The predicted molar refractivity (Wildman–Crippen MR) is 62.7 cm³/mol. The maximum atomic E-state index is 13.3. The van der Waals surface area contributed by atoms with Crippen LogP contribution < -0.4 is 61.6 Å². The van der Waals surface area contributed by atoms with Crippen LogP contribution in [-0.4, -0.2) is 16.8 Å². The second-order valence-corrected chi connectivity index (χ2v) is 4.03. The van der Waals surface area contributed by atoms with E-state index in [0.29, 0.717) is 11.8 Å². The summed E-state index contributed by atoms with van der Waals surface area (Å²) >= 11 is 0. The van der Waals surface area contributed by atoms with E-state index in [-0.39, 0.29) is 63.7 Å². The van der Waals surface area contributed by atoms with E-state index in [9.17, 15) is 17.3 Å². The van der Waals surface area contributed by atoms with Crippen LogP contribution in [0.2, 0.25) is 0 Å². The molecule has 1 heterocycles. The number of aromatic nitrogens is 2. The number of hydrogen-bond acceptors (Lipinski definition) is 2. The first-order chi connectivity index (χ1) is 8.86. The molecule has 1 aromatic carbocycles. The van der Waals surface area contributed by atoms with Gasteiger partial charge in [-0.25, -0.2) is 4.39 Å². The molecule has 2 rings (SSSR count). The van der Waals surface area contributed by atoms with Crippen LogP contribution in [0.25, 0.3) is 0 Å². The van der Waals surface area contributed by atoms with E-state index in [2.05, 4.69) is 5.10 Å². The van der Waals surface area contributed by atoms with Crippen LogP contribution >= 0.6 is 0 Å². The summed E-state index contributed by atoms with van der Waals surface area (Å²) in [6.45, 7) is -5.28. The third-order valence-corrected chi connectivity index (χ3v) is 2.48. The minimum absolute atomic E-state index is 0. The first-order valence-corrected chi connectivity index (χ1v) is 5.47. The summed E-state index contributed by atoms with van der Waals surface area (Å²) in [7, 11) is 1.73. The largest absolute Gasteiger partial charge is 1.00 e. The van der Waals surface area contributed by atoms with Gasteiger partial charge in [-0.05, 0) is 12.1 Å². The molecule has 0 radical (unpaired) electrons. The van der Waals surface area contributed by atoms with Crippen LogP contribution in [-0.2, 0) is 13.7 Å². The molecule has 0 N–H and O–H groups in total. The predicted octanol–water partition coefficient (Wildman–Crippen LogP) is -0.803. The maximum Gasteiger partial charge on any atom is 1.00 e. The van der Waals surface area contributed by atoms with Gasteiger partial charge in [0.05, 0.1) is 11.5 Å². The SMILES string of the molecule is Cn1ccc(COc2ccc([B-](F)(F)F)c(F)c2)n1.[K+]. The molecule has 0 aliphatic heterocycles. The van der Waals surface area contributed by atoms with Crippen LogP contribution in [0.4, 0.5) is 17.3 Å². The van der Waals surface area contributed by atoms with Gasteiger partial charge in [-0.3, -0.25) is 4.68 Å². The molecule has 20 heavy (non-hydrogen) atoms. The molecule has 0 spiro atoms. The summed E-state index contributed by atoms with van der Waals surface area (Å²) < 4.78 is 57.2. The number of benzene rings is 1. The zero-order valence-corrected chi connectivity index (χ0v) is 14.1. The van der Waals surface area contributed by atoms with E-state index in [1.54, 1.807) is 24.0 Å². The molecular formula is C11H10BF4KN2O. The topological polar surface area (TPSA) is 27.1 Å². The molecule has 2 aromatic rings. The molecule has 0 unspecified atom stereocenters. The summed E-state index contributed by atoms with van der Waals surface area (Å²) in [5.41, 5.74) is -0.641. The van der Waals surface area contributed by atoms with Crippen LogP contribution in [0.1, 0.15) is 5.69 Å². The molecule has 9 heteroatoms. The molecule has 0 fully saturated rings. The second kappa shape index (κ2) is 7.08. The van der Waals surface area contributed by atoms with E-state index < -0.39 is 18.3 Å². The second-order valence-electron chi connectivity index (χ2n) is 4.03. The zero-order chi connectivity index (χ0) is 14.0. The molecule has 0 aliphatic rings. The molecule has 0 saturated heterocycles. The Morgan fingerprint density at radius 3 is 2.45 bits per heavy atom. The third kappa shape index (κ3) is 4.59. The first kappa shape index (κ1) is 17.7. The van der Waals surface area contributed by atoms with Crippen molar-refractivity contribution < 1.29 is 73.5 Å². The maximum absolute atomic E-state index is 13.3. The van der Waals surface area contributed by atoms with Gasteiger partial charge in [0.25, 0.3) is 0 Å². The molecule has 0 atom stereocenters. The Morgan fingerprint density at radius 1 is 1.25 bits per heavy atom. The first-order valence-electron chi connectivity index (χ1n) is 5.47. The van der Waals surface area contributed by atoms with E-state index in [4.69, 9.17) is 4.74 Å². The summed E-state index contributed by atoms with van der Waals surface area (Å²) in [6.07, 6.45) is 1.70. The third-order valence-electron chi connectivity index (χ3n) is 2.48. The van der Waals surface area contributed by atoms with Crippen molar-refractivity contribution in [1.29, 1.82) is 0 Å². The minimum Gasteiger partial charge on any atom is -0.487 e. The van der Waals surface area contributed by atoms with E-state index >= 15 is 0 Å². The van der Waals surface area contributed by atoms with Gasteiger partial charge in [0, 0.05) is 19.3 Å². The number of nitrogens with zero attached hydrogens (tertiary/aromatic N) is 2. The molecular weight excluding hydrogens is 302 g/mol. The average molecular weight is 312 g/mol. The zero-order valence-electron chi connectivity index (χ0n) is 11.0. The summed E-state index contributed by atoms with van der Waals surface area (Å²) in [4.78, 5) is 0. The Labute approximate surface area is 155 Å². The van der Waals surface area contributed by atoms with Gasteiger partial charge < -0.3 is 17.7 Å². The standard InChI is InChI=1S/C11H10BF4N2O.K/c1-18-5-4-8(17-18)7-19-9-2-3-10(11(13)6-9)12(14,15)16;/h2-6H,7H2,1H3;/q-1;+1. The van der Waals surface area contributed by atoms with Crippen LogP contribution in [0.15, 0.2) is 30.5 Å². The molecule has 1 aromatic heterocycles. The van der Waals surface area contributed by atoms with E-state index in [1.807, 2.05) is 0 Å². The van der Waals surface area contributed by atoms with Crippen LogP contribution in [0, 0.1) is 5.82 Å². The van der Waals surface area contributed by atoms with Crippen molar-refractivity contribution in [3.63, 3.8) is 0 Å². The molecule has 3 nitrogen and oxygen atoms in total. The van der Waals surface area contributed by atoms with Crippen molar-refractivity contribution in [3.05, 3.63) is 42.0 Å². The number of aryl methyl sites for hydroxylation is 1. The normalized spacial score (nSPS) is 11.1. The smallest absolute Gasteiger partial charge is 0.487 e. The summed E-state index contributed by atoms with van der Waals surface area (Å²) in [5, 5.41) is 4.03. The number of rotatable bonds is 4. The quantitative estimate of drug-likeness (QED) is 0.546. The molecule has 0 amide bonds. The van der Waals surface area contributed by atoms with Gasteiger partial charge in [0.1, 0.15) is 12.4 Å². The Balaban J connectivity index is 0.00000200. The van der Waals surface area contributed by atoms with Crippen LogP contribution in [0.3, 0.4) is 0 Å². The summed E-state index contributed by atoms with van der Waals surface area (Å²) in [5.74, 6) is -1.29. The van der Waals surface area contributed by atoms with Gasteiger partial charge in [0.15, 0.2) is 0 Å². The van der Waals surface area contributed by atoms with Gasteiger partial charge in [-0.2, -0.15) is 5.10 Å². The fourth-order valence-corrected chi connectivity index (χ4v) is 1.56. The number of ether oxygens (including phenoxy) is 1. The van der Waals surface area contributed by atoms with Gasteiger partial charge in [-0.1, -0.05) is 11.5 Å². The molecule has 0 saturated carbocycles. The number of hydrogen-bond donors (Lipinski definition) is 0.